The Bertz CT molecular complexity index is 462. The van der Waals surface area contributed by atoms with E-state index >= 15 is 0 Å². The number of ether oxygens (including phenoxy) is 4. The Hall–Kier alpha value is -1.02. The molecule has 7 heteroatoms. The van der Waals surface area contributed by atoms with Crippen LogP contribution in [-0.2, 0) is 25.5 Å². The van der Waals surface area contributed by atoms with Gasteiger partial charge in [-0.2, -0.15) is 5.10 Å². The van der Waals surface area contributed by atoms with Crippen molar-refractivity contribution in [2.24, 2.45) is 0 Å². The second-order valence-electron chi connectivity index (χ2n) is 5.18. The zero-order valence-corrected chi connectivity index (χ0v) is 11.6. The smallest absolute Gasteiger partial charge is 0.187 e. The molecule has 7 nitrogen and oxygen atoms in total. The van der Waals surface area contributed by atoms with Crippen LogP contribution in [0.3, 0.4) is 0 Å². The van der Waals surface area contributed by atoms with Gasteiger partial charge in [0.05, 0.1) is 0 Å². The Balaban J connectivity index is 1.86. The average Bonchev–Trinajstić information content (AvgIpc) is 3.01. The quantitative estimate of drug-likeness (QED) is 0.811. The van der Waals surface area contributed by atoms with E-state index in [2.05, 4.69) is 10.1 Å². The molecule has 0 bridgehead atoms. The summed E-state index contributed by atoms with van der Waals surface area (Å²) < 4.78 is 24.6. The molecule has 0 saturated carbocycles. The van der Waals surface area contributed by atoms with Gasteiger partial charge in [0.15, 0.2) is 24.0 Å². The molecule has 0 aromatic carbocycles. The molecule has 2 aliphatic heterocycles. The maximum atomic E-state index is 5.90. The summed E-state index contributed by atoms with van der Waals surface area (Å²) in [7, 11) is 1.59. The van der Waals surface area contributed by atoms with Crippen molar-refractivity contribution >= 4 is 0 Å². The van der Waals surface area contributed by atoms with E-state index in [1.54, 1.807) is 18.1 Å². The highest BCUT2D eigenvalue weighted by atomic mass is 16.8. The second-order valence-corrected chi connectivity index (χ2v) is 5.18. The van der Waals surface area contributed by atoms with E-state index < -0.39 is 12.1 Å². The summed E-state index contributed by atoms with van der Waals surface area (Å²) in [5.74, 6) is -0.0285. The zero-order valence-electron chi connectivity index (χ0n) is 11.6. The molecule has 3 rings (SSSR count). The molecule has 0 N–H and O–H groups in total. The first kappa shape index (κ1) is 13.0. The molecule has 4 unspecified atom stereocenters. The van der Waals surface area contributed by atoms with E-state index in [1.807, 2.05) is 20.8 Å². The Labute approximate surface area is 111 Å². The molecule has 0 amide bonds. The maximum Gasteiger partial charge on any atom is 0.187 e. The van der Waals surface area contributed by atoms with Crippen LogP contribution in [0.1, 0.15) is 32.7 Å². The van der Waals surface area contributed by atoms with Gasteiger partial charge >= 0.3 is 0 Å². The number of rotatable bonds is 3. The van der Waals surface area contributed by atoms with E-state index in [1.165, 1.54) is 0 Å². The third-order valence-corrected chi connectivity index (χ3v) is 3.38. The summed E-state index contributed by atoms with van der Waals surface area (Å²) in [4.78, 5) is 4.28. The number of fused-ring (bicyclic) bond motifs is 1. The predicted molar refractivity (Wildman–Crippen MR) is 64.1 cm³/mol. The normalized spacial score (nSPS) is 36.6. The summed E-state index contributed by atoms with van der Waals surface area (Å²) >= 11 is 0. The molecule has 4 atom stereocenters. The lowest BCUT2D eigenvalue weighted by Crippen LogP contribution is -2.30. The standard InChI is InChI=1S/C12H19N3O4/c1-5-15-6-13-10(14-15)8-7-9(11(16-4)17-8)19-12(2,3)18-7/h6-9,11H,5H2,1-4H3. The molecule has 0 radical (unpaired) electrons. The second kappa shape index (κ2) is 4.52. The number of methoxy groups -OCH3 is 1. The number of hydrogen-bond acceptors (Lipinski definition) is 6. The van der Waals surface area contributed by atoms with Gasteiger partial charge in [-0.1, -0.05) is 0 Å². The van der Waals surface area contributed by atoms with Gasteiger partial charge in [-0.3, -0.25) is 4.68 Å². The minimum atomic E-state index is -0.637. The van der Waals surface area contributed by atoms with Crippen molar-refractivity contribution in [1.29, 1.82) is 0 Å². The molecule has 2 fully saturated rings. The molecule has 1 aromatic rings. The Kier molecular flexibility index (Phi) is 3.09. The topological polar surface area (TPSA) is 67.6 Å². The summed E-state index contributed by atoms with van der Waals surface area (Å²) in [6.07, 6.45) is 0.385. The van der Waals surface area contributed by atoms with E-state index in [0.717, 1.165) is 6.54 Å². The van der Waals surface area contributed by atoms with Gasteiger partial charge in [-0.25, -0.2) is 4.98 Å². The van der Waals surface area contributed by atoms with Crippen molar-refractivity contribution in [2.45, 2.75) is 57.7 Å². The molecule has 106 valence electrons. The number of aromatic nitrogens is 3. The van der Waals surface area contributed by atoms with Gasteiger partial charge in [0.1, 0.15) is 18.5 Å². The van der Waals surface area contributed by atoms with Crippen LogP contribution in [0.25, 0.3) is 0 Å². The average molecular weight is 269 g/mol. The van der Waals surface area contributed by atoms with Gasteiger partial charge in [0.25, 0.3) is 0 Å². The number of nitrogens with zero attached hydrogens (tertiary/aromatic N) is 3. The zero-order chi connectivity index (χ0) is 13.6. The van der Waals surface area contributed by atoms with Crippen LogP contribution in [0.4, 0.5) is 0 Å². The van der Waals surface area contributed by atoms with Crippen molar-refractivity contribution in [1.82, 2.24) is 14.8 Å². The number of aryl methyl sites for hydroxylation is 1. The molecule has 3 heterocycles. The van der Waals surface area contributed by atoms with Gasteiger partial charge in [-0.15, -0.1) is 0 Å². The highest BCUT2D eigenvalue weighted by Crippen LogP contribution is 2.44. The highest BCUT2D eigenvalue weighted by Gasteiger charge is 2.57. The van der Waals surface area contributed by atoms with Crippen molar-refractivity contribution in [3.05, 3.63) is 12.2 Å². The van der Waals surface area contributed by atoms with Crippen molar-refractivity contribution in [3.63, 3.8) is 0 Å². The van der Waals surface area contributed by atoms with E-state index in [4.69, 9.17) is 18.9 Å². The van der Waals surface area contributed by atoms with Crippen molar-refractivity contribution in [3.8, 4) is 0 Å². The van der Waals surface area contributed by atoms with Gasteiger partial charge in [-0.05, 0) is 20.8 Å². The fraction of sp³-hybridized carbons (Fsp3) is 0.833. The summed E-state index contributed by atoms with van der Waals surface area (Å²) in [5, 5.41) is 4.38. The molecular formula is C12H19N3O4. The Morgan fingerprint density at radius 3 is 2.74 bits per heavy atom. The minimum Gasteiger partial charge on any atom is -0.353 e. The molecule has 0 spiro atoms. The third-order valence-electron chi connectivity index (χ3n) is 3.38. The van der Waals surface area contributed by atoms with Gasteiger partial charge < -0.3 is 18.9 Å². The lowest BCUT2D eigenvalue weighted by Gasteiger charge is -2.22. The number of hydrogen-bond donors (Lipinski definition) is 0. The predicted octanol–water partition coefficient (Wildman–Crippen LogP) is 0.862. The Morgan fingerprint density at radius 2 is 2.11 bits per heavy atom. The summed E-state index contributed by atoms with van der Waals surface area (Å²) in [5.41, 5.74) is 0. The molecule has 2 aliphatic rings. The monoisotopic (exact) mass is 269 g/mol. The van der Waals surface area contributed by atoms with E-state index in [9.17, 15) is 0 Å². The van der Waals surface area contributed by atoms with Crippen LogP contribution in [-0.4, -0.2) is 46.2 Å². The first-order chi connectivity index (χ1) is 9.04. The first-order valence-corrected chi connectivity index (χ1v) is 6.47. The maximum absolute atomic E-state index is 5.90. The van der Waals surface area contributed by atoms with Crippen molar-refractivity contribution < 1.29 is 18.9 Å². The molecule has 0 aliphatic carbocycles. The lowest BCUT2D eigenvalue weighted by molar-refractivity contribution is -0.229. The largest absolute Gasteiger partial charge is 0.353 e. The van der Waals surface area contributed by atoms with Gasteiger partial charge in [0, 0.05) is 13.7 Å². The lowest BCUT2D eigenvalue weighted by atomic mass is 10.1. The van der Waals surface area contributed by atoms with Crippen LogP contribution in [0, 0.1) is 0 Å². The Morgan fingerprint density at radius 1 is 1.37 bits per heavy atom. The van der Waals surface area contributed by atoms with Crippen molar-refractivity contribution in [2.75, 3.05) is 7.11 Å². The van der Waals surface area contributed by atoms with Gasteiger partial charge in [0.2, 0.25) is 0 Å². The SMILES string of the molecule is CCn1cnc(C2OC(OC)C3OC(C)(C)OC23)n1. The fourth-order valence-corrected chi connectivity index (χ4v) is 2.55. The molecular weight excluding hydrogens is 250 g/mol. The van der Waals surface area contributed by atoms with Crippen LogP contribution in [0.15, 0.2) is 6.33 Å². The third kappa shape index (κ3) is 2.16. The highest BCUT2D eigenvalue weighted by molar-refractivity contribution is 5.03. The molecule has 1 aromatic heterocycles. The van der Waals surface area contributed by atoms with Crippen LogP contribution in [0.5, 0.6) is 0 Å². The van der Waals surface area contributed by atoms with Crippen LogP contribution in [0.2, 0.25) is 0 Å². The minimum absolute atomic E-state index is 0.243. The van der Waals surface area contributed by atoms with E-state index in [0.29, 0.717) is 5.82 Å². The fourth-order valence-electron chi connectivity index (χ4n) is 2.55. The van der Waals surface area contributed by atoms with E-state index in [-0.39, 0.29) is 18.3 Å². The summed E-state index contributed by atoms with van der Waals surface area (Å²) in [6, 6.07) is 0. The van der Waals surface area contributed by atoms with Crippen LogP contribution >= 0.6 is 0 Å². The first-order valence-electron chi connectivity index (χ1n) is 6.47. The molecule has 2 saturated heterocycles. The summed E-state index contributed by atoms with van der Waals surface area (Å²) in [6.45, 7) is 6.54. The van der Waals surface area contributed by atoms with Crippen LogP contribution < -0.4 is 0 Å². The molecule has 19 heavy (non-hydrogen) atoms.